The Balaban J connectivity index is 2.72. The Labute approximate surface area is 144 Å². The van der Waals surface area contributed by atoms with Gasteiger partial charge in [-0.3, -0.25) is 18.7 Å². The van der Waals surface area contributed by atoms with Crippen LogP contribution >= 0.6 is 0 Å². The molecule has 0 bridgehead atoms. The SMILES string of the molecule is CC(=O)OCn1cc(-c2cccc(F)c2C)c(=O)n(CC(C)C)c1=O. The van der Waals surface area contributed by atoms with E-state index in [4.69, 9.17) is 4.74 Å². The second-order valence-corrected chi connectivity index (χ2v) is 6.28. The maximum Gasteiger partial charge on any atom is 0.333 e. The number of nitrogens with zero attached hydrogens (tertiary/aromatic N) is 2. The Morgan fingerprint density at radius 1 is 1.24 bits per heavy atom. The molecule has 25 heavy (non-hydrogen) atoms. The molecule has 0 saturated carbocycles. The number of benzene rings is 1. The third-order valence-corrected chi connectivity index (χ3v) is 3.75. The summed E-state index contributed by atoms with van der Waals surface area (Å²) in [6.07, 6.45) is 1.31. The first kappa shape index (κ1) is 18.6. The van der Waals surface area contributed by atoms with Crippen LogP contribution in [0.25, 0.3) is 11.1 Å². The summed E-state index contributed by atoms with van der Waals surface area (Å²) in [5.41, 5.74) is -0.166. The predicted molar refractivity (Wildman–Crippen MR) is 91.7 cm³/mol. The number of carbonyl (C=O) groups is 1. The molecule has 134 valence electrons. The van der Waals surface area contributed by atoms with Crippen molar-refractivity contribution in [2.45, 2.75) is 41.0 Å². The van der Waals surface area contributed by atoms with Crippen LogP contribution in [0.4, 0.5) is 4.39 Å². The van der Waals surface area contributed by atoms with E-state index in [-0.39, 0.29) is 24.8 Å². The third-order valence-electron chi connectivity index (χ3n) is 3.75. The third kappa shape index (κ3) is 4.04. The average molecular weight is 348 g/mol. The van der Waals surface area contributed by atoms with E-state index in [2.05, 4.69) is 0 Å². The van der Waals surface area contributed by atoms with Crippen LogP contribution in [-0.4, -0.2) is 15.1 Å². The van der Waals surface area contributed by atoms with Gasteiger partial charge >= 0.3 is 11.7 Å². The van der Waals surface area contributed by atoms with Crippen LogP contribution in [0.15, 0.2) is 34.0 Å². The number of aromatic nitrogens is 2. The van der Waals surface area contributed by atoms with E-state index in [1.807, 2.05) is 13.8 Å². The molecule has 0 unspecified atom stereocenters. The van der Waals surface area contributed by atoms with Gasteiger partial charge in [-0.1, -0.05) is 26.0 Å². The van der Waals surface area contributed by atoms with Gasteiger partial charge in [0.25, 0.3) is 5.56 Å². The average Bonchev–Trinajstić information content (AvgIpc) is 2.53. The molecular weight excluding hydrogens is 327 g/mol. The molecule has 6 nitrogen and oxygen atoms in total. The quantitative estimate of drug-likeness (QED) is 0.778. The first-order valence-corrected chi connectivity index (χ1v) is 7.95. The van der Waals surface area contributed by atoms with Gasteiger partial charge in [0.1, 0.15) is 5.82 Å². The van der Waals surface area contributed by atoms with E-state index >= 15 is 0 Å². The van der Waals surface area contributed by atoms with Crippen molar-refractivity contribution in [1.82, 2.24) is 9.13 Å². The molecule has 1 heterocycles. The van der Waals surface area contributed by atoms with Crippen molar-refractivity contribution in [2.24, 2.45) is 5.92 Å². The lowest BCUT2D eigenvalue weighted by atomic mass is 10.0. The van der Waals surface area contributed by atoms with Crippen LogP contribution < -0.4 is 11.2 Å². The second-order valence-electron chi connectivity index (χ2n) is 6.28. The predicted octanol–water partition coefficient (Wildman–Crippen LogP) is 2.30. The molecule has 0 aliphatic carbocycles. The maximum absolute atomic E-state index is 13.9. The number of rotatable bonds is 5. The van der Waals surface area contributed by atoms with Crippen LogP contribution in [-0.2, 0) is 22.8 Å². The largest absolute Gasteiger partial charge is 0.444 e. The molecule has 0 atom stereocenters. The Bertz CT molecular complexity index is 912. The molecule has 0 amide bonds. The van der Waals surface area contributed by atoms with Crippen molar-refractivity contribution in [3.8, 4) is 11.1 Å². The normalized spacial score (nSPS) is 11.0. The van der Waals surface area contributed by atoms with Crippen molar-refractivity contribution in [3.63, 3.8) is 0 Å². The molecule has 1 aromatic carbocycles. The molecule has 2 aromatic rings. The van der Waals surface area contributed by atoms with Crippen molar-refractivity contribution in [1.29, 1.82) is 0 Å². The Kier molecular flexibility index (Phi) is 5.56. The lowest BCUT2D eigenvalue weighted by molar-refractivity contribution is -0.144. The summed E-state index contributed by atoms with van der Waals surface area (Å²) in [5, 5.41) is 0. The van der Waals surface area contributed by atoms with Gasteiger partial charge in [0.15, 0.2) is 6.73 Å². The van der Waals surface area contributed by atoms with Crippen molar-refractivity contribution < 1.29 is 13.9 Å². The number of esters is 1. The van der Waals surface area contributed by atoms with Gasteiger partial charge in [0, 0.05) is 19.7 Å². The minimum Gasteiger partial charge on any atom is -0.444 e. The zero-order valence-electron chi connectivity index (χ0n) is 14.7. The topological polar surface area (TPSA) is 70.3 Å². The van der Waals surface area contributed by atoms with Crippen molar-refractivity contribution in [2.75, 3.05) is 0 Å². The number of hydrogen-bond acceptors (Lipinski definition) is 4. The molecule has 0 aliphatic heterocycles. The van der Waals surface area contributed by atoms with Crippen molar-refractivity contribution in [3.05, 3.63) is 56.6 Å². The van der Waals surface area contributed by atoms with Crippen LogP contribution in [0.2, 0.25) is 0 Å². The fraction of sp³-hybridized carbons (Fsp3) is 0.389. The summed E-state index contributed by atoms with van der Waals surface area (Å²) in [5.74, 6) is -0.932. The first-order valence-electron chi connectivity index (χ1n) is 7.95. The minimum atomic E-state index is -0.572. The van der Waals surface area contributed by atoms with Gasteiger partial charge in [-0.2, -0.15) is 0 Å². The van der Waals surface area contributed by atoms with Gasteiger partial charge in [-0.05, 0) is 30.0 Å². The summed E-state index contributed by atoms with van der Waals surface area (Å²) in [6, 6.07) is 4.43. The van der Waals surface area contributed by atoms with Gasteiger partial charge in [0.05, 0.1) is 5.56 Å². The summed E-state index contributed by atoms with van der Waals surface area (Å²) < 4.78 is 21.0. The van der Waals surface area contributed by atoms with Crippen LogP contribution in [0, 0.1) is 18.7 Å². The summed E-state index contributed by atoms with van der Waals surface area (Å²) in [6.45, 7) is 6.45. The summed E-state index contributed by atoms with van der Waals surface area (Å²) in [4.78, 5) is 36.4. The van der Waals surface area contributed by atoms with Crippen LogP contribution in [0.1, 0.15) is 26.3 Å². The summed E-state index contributed by atoms with van der Waals surface area (Å²) in [7, 11) is 0. The molecule has 0 spiro atoms. The maximum atomic E-state index is 13.9. The molecule has 0 aliphatic rings. The lowest BCUT2D eigenvalue weighted by Crippen LogP contribution is -2.41. The molecular formula is C18H21FN2O4. The molecule has 0 saturated heterocycles. The first-order chi connectivity index (χ1) is 11.7. The lowest BCUT2D eigenvalue weighted by Gasteiger charge is -2.15. The van der Waals surface area contributed by atoms with E-state index in [1.165, 1.54) is 25.3 Å². The minimum absolute atomic E-state index is 0.0523. The number of carbonyl (C=O) groups excluding carboxylic acids is 1. The van der Waals surface area contributed by atoms with E-state index < -0.39 is 23.0 Å². The van der Waals surface area contributed by atoms with Crippen LogP contribution in [0.5, 0.6) is 0 Å². The number of hydrogen-bond donors (Lipinski definition) is 0. The molecule has 1 aromatic heterocycles. The fourth-order valence-corrected chi connectivity index (χ4v) is 2.52. The van der Waals surface area contributed by atoms with Gasteiger partial charge in [-0.15, -0.1) is 0 Å². The van der Waals surface area contributed by atoms with E-state index in [0.717, 1.165) is 9.13 Å². The van der Waals surface area contributed by atoms with E-state index in [9.17, 15) is 18.8 Å². The number of halogens is 1. The van der Waals surface area contributed by atoms with Gasteiger partial charge < -0.3 is 4.74 Å². The Hall–Kier alpha value is -2.70. The monoisotopic (exact) mass is 348 g/mol. The second kappa shape index (κ2) is 7.46. The van der Waals surface area contributed by atoms with Crippen molar-refractivity contribution >= 4 is 5.97 Å². The van der Waals surface area contributed by atoms with Gasteiger partial charge in [-0.25, -0.2) is 9.18 Å². The van der Waals surface area contributed by atoms with Gasteiger partial charge in [0.2, 0.25) is 0 Å². The Morgan fingerprint density at radius 3 is 2.52 bits per heavy atom. The zero-order chi connectivity index (χ0) is 18.7. The Morgan fingerprint density at radius 2 is 1.92 bits per heavy atom. The smallest absolute Gasteiger partial charge is 0.333 e. The van der Waals surface area contributed by atoms with Crippen LogP contribution in [0.3, 0.4) is 0 Å². The highest BCUT2D eigenvalue weighted by Crippen LogP contribution is 2.21. The van der Waals surface area contributed by atoms with E-state index in [0.29, 0.717) is 11.1 Å². The standard InChI is InChI=1S/C18H21FN2O4/c1-11(2)8-21-17(23)15(14-6-5-7-16(19)12(14)3)9-20(18(21)24)10-25-13(4)22/h5-7,9,11H,8,10H2,1-4H3. The highest BCUT2D eigenvalue weighted by molar-refractivity contribution is 5.66. The molecule has 0 fully saturated rings. The number of ether oxygens (including phenoxy) is 1. The summed E-state index contributed by atoms with van der Waals surface area (Å²) >= 11 is 0. The molecule has 2 rings (SSSR count). The molecule has 7 heteroatoms. The fourth-order valence-electron chi connectivity index (χ4n) is 2.52. The molecule has 0 radical (unpaired) electrons. The molecule has 0 N–H and O–H groups in total. The highest BCUT2D eigenvalue weighted by Gasteiger charge is 2.17. The zero-order valence-corrected chi connectivity index (χ0v) is 14.7. The highest BCUT2D eigenvalue weighted by atomic mass is 19.1. The van der Waals surface area contributed by atoms with E-state index in [1.54, 1.807) is 13.0 Å².